The summed E-state index contributed by atoms with van der Waals surface area (Å²) in [6.07, 6.45) is -0.0140. The molecule has 0 saturated carbocycles. The van der Waals surface area contributed by atoms with Gasteiger partial charge in [0.05, 0.1) is 6.10 Å². The highest BCUT2D eigenvalue weighted by Crippen LogP contribution is 2.22. The average Bonchev–Trinajstić information content (AvgIpc) is 2.20. The molecule has 0 spiro atoms. The molecule has 0 unspecified atom stereocenters. The topological polar surface area (TPSA) is 9.23 Å². The second-order valence-corrected chi connectivity index (χ2v) is 3.40. The van der Waals surface area contributed by atoms with Gasteiger partial charge in [0.1, 0.15) is 0 Å². The maximum absolute atomic E-state index is 12.9. The number of halogens is 2. The molecule has 2 atom stereocenters. The predicted octanol–water partition coefficient (Wildman–Crippen LogP) is 3.10. The smallest absolute Gasteiger partial charge is 0.159 e. The van der Waals surface area contributed by atoms with Crippen LogP contribution < -0.4 is 0 Å². The van der Waals surface area contributed by atoms with Crippen LogP contribution in [-0.2, 0) is 4.74 Å². The fourth-order valence-electron chi connectivity index (χ4n) is 1.27. The predicted molar refractivity (Wildman–Crippen MR) is 51.2 cm³/mol. The zero-order chi connectivity index (χ0) is 10.7. The van der Waals surface area contributed by atoms with Gasteiger partial charge < -0.3 is 4.74 Å². The summed E-state index contributed by atoms with van der Waals surface area (Å²) in [4.78, 5) is 0. The lowest BCUT2D eigenvalue weighted by Gasteiger charge is -2.18. The molecule has 0 saturated heterocycles. The summed E-state index contributed by atoms with van der Waals surface area (Å²) in [5.74, 6) is -1.57. The van der Waals surface area contributed by atoms with Gasteiger partial charge in [-0.2, -0.15) is 0 Å². The minimum atomic E-state index is -0.814. The van der Waals surface area contributed by atoms with Crippen LogP contribution in [0.1, 0.15) is 25.3 Å². The third kappa shape index (κ3) is 2.29. The molecule has 0 heterocycles. The monoisotopic (exact) mass is 200 g/mol. The summed E-state index contributed by atoms with van der Waals surface area (Å²) < 4.78 is 30.7. The lowest BCUT2D eigenvalue weighted by molar-refractivity contribution is 0.0989. The van der Waals surface area contributed by atoms with Crippen LogP contribution in [0.5, 0.6) is 0 Å². The highest BCUT2D eigenvalue weighted by Gasteiger charge is 2.15. The molecule has 0 aromatic heterocycles. The van der Waals surface area contributed by atoms with Crippen molar-refractivity contribution in [3.05, 3.63) is 35.4 Å². The second-order valence-electron chi connectivity index (χ2n) is 3.40. The Hall–Kier alpha value is -0.960. The molecule has 1 rings (SSSR count). The molecule has 0 N–H and O–H groups in total. The van der Waals surface area contributed by atoms with Crippen molar-refractivity contribution in [3.63, 3.8) is 0 Å². The average molecular weight is 200 g/mol. The van der Waals surface area contributed by atoms with E-state index in [1.165, 1.54) is 6.07 Å². The molecule has 78 valence electrons. The fraction of sp³-hybridized carbons (Fsp3) is 0.455. The van der Waals surface area contributed by atoms with E-state index in [9.17, 15) is 8.78 Å². The molecule has 3 heteroatoms. The molecule has 0 aliphatic rings. The molecule has 14 heavy (non-hydrogen) atoms. The lowest BCUT2D eigenvalue weighted by atomic mass is 9.96. The van der Waals surface area contributed by atoms with E-state index in [0.717, 1.165) is 11.6 Å². The Morgan fingerprint density at radius 3 is 2.29 bits per heavy atom. The quantitative estimate of drug-likeness (QED) is 0.728. The van der Waals surface area contributed by atoms with Crippen molar-refractivity contribution in [1.29, 1.82) is 0 Å². The maximum atomic E-state index is 12.9. The van der Waals surface area contributed by atoms with E-state index in [0.29, 0.717) is 0 Å². The third-order valence-corrected chi connectivity index (χ3v) is 2.55. The first-order chi connectivity index (χ1) is 6.56. The first-order valence-corrected chi connectivity index (χ1v) is 4.54. The van der Waals surface area contributed by atoms with E-state index < -0.39 is 11.6 Å². The molecular weight excluding hydrogens is 186 g/mol. The van der Waals surface area contributed by atoms with Gasteiger partial charge in [0.2, 0.25) is 0 Å². The van der Waals surface area contributed by atoms with E-state index in [4.69, 9.17) is 4.74 Å². The largest absolute Gasteiger partial charge is 0.381 e. The van der Waals surface area contributed by atoms with E-state index in [1.54, 1.807) is 13.2 Å². The molecular formula is C11H14F2O. The highest BCUT2D eigenvalue weighted by molar-refractivity contribution is 5.22. The summed E-state index contributed by atoms with van der Waals surface area (Å²) in [5, 5.41) is 0. The molecule has 0 radical (unpaired) electrons. The summed E-state index contributed by atoms with van der Waals surface area (Å²) in [5.41, 5.74) is 0.748. The van der Waals surface area contributed by atoms with E-state index >= 15 is 0 Å². The van der Waals surface area contributed by atoms with Crippen molar-refractivity contribution >= 4 is 0 Å². The van der Waals surface area contributed by atoms with Gasteiger partial charge in [-0.3, -0.25) is 0 Å². The van der Waals surface area contributed by atoms with Crippen LogP contribution in [-0.4, -0.2) is 13.2 Å². The Labute approximate surface area is 82.7 Å². The first kappa shape index (κ1) is 11.1. The van der Waals surface area contributed by atoms with Crippen molar-refractivity contribution in [1.82, 2.24) is 0 Å². The van der Waals surface area contributed by atoms with Crippen LogP contribution in [0.25, 0.3) is 0 Å². The zero-order valence-electron chi connectivity index (χ0n) is 8.55. The fourth-order valence-corrected chi connectivity index (χ4v) is 1.27. The molecule has 0 aliphatic carbocycles. The number of hydrogen-bond donors (Lipinski definition) is 0. The second kappa shape index (κ2) is 4.51. The normalized spacial score (nSPS) is 15.2. The Morgan fingerprint density at radius 1 is 1.14 bits per heavy atom. The van der Waals surface area contributed by atoms with Gasteiger partial charge in [0.25, 0.3) is 0 Å². The summed E-state index contributed by atoms with van der Waals surface area (Å²) >= 11 is 0. The van der Waals surface area contributed by atoms with Crippen LogP contribution in [0, 0.1) is 11.6 Å². The number of hydrogen-bond acceptors (Lipinski definition) is 1. The minimum Gasteiger partial charge on any atom is -0.381 e. The first-order valence-electron chi connectivity index (χ1n) is 4.54. The van der Waals surface area contributed by atoms with Crippen molar-refractivity contribution in [2.45, 2.75) is 25.9 Å². The number of benzene rings is 1. The van der Waals surface area contributed by atoms with Crippen molar-refractivity contribution in [3.8, 4) is 0 Å². The maximum Gasteiger partial charge on any atom is 0.159 e. The van der Waals surface area contributed by atoms with Gasteiger partial charge in [-0.25, -0.2) is 8.78 Å². The Bertz CT molecular complexity index is 312. The van der Waals surface area contributed by atoms with Crippen LogP contribution in [0.4, 0.5) is 8.78 Å². The zero-order valence-corrected chi connectivity index (χ0v) is 8.55. The molecule has 1 aromatic carbocycles. The molecule has 1 aromatic rings. The number of methoxy groups -OCH3 is 1. The summed E-state index contributed by atoms with van der Waals surface area (Å²) in [6.45, 7) is 3.81. The molecule has 0 bridgehead atoms. The van der Waals surface area contributed by atoms with Crippen LogP contribution in [0.2, 0.25) is 0 Å². The van der Waals surface area contributed by atoms with Crippen LogP contribution >= 0.6 is 0 Å². The molecule has 0 aliphatic heterocycles. The van der Waals surface area contributed by atoms with Crippen LogP contribution in [0.3, 0.4) is 0 Å². The standard InChI is InChI=1S/C11H14F2O/c1-7(8(2)14-3)9-4-5-10(12)11(13)6-9/h4-8H,1-3H3/t7-,8+/m0/s1. The number of rotatable bonds is 3. The van der Waals surface area contributed by atoms with Gasteiger partial charge >= 0.3 is 0 Å². The highest BCUT2D eigenvalue weighted by atomic mass is 19.2. The van der Waals surface area contributed by atoms with Crippen molar-refractivity contribution in [2.75, 3.05) is 7.11 Å². The van der Waals surface area contributed by atoms with Gasteiger partial charge in [-0.1, -0.05) is 13.0 Å². The summed E-state index contributed by atoms with van der Waals surface area (Å²) in [6, 6.07) is 3.94. The van der Waals surface area contributed by atoms with E-state index in [-0.39, 0.29) is 12.0 Å². The molecule has 1 nitrogen and oxygen atoms in total. The van der Waals surface area contributed by atoms with Crippen molar-refractivity contribution in [2.24, 2.45) is 0 Å². The molecule has 0 fully saturated rings. The van der Waals surface area contributed by atoms with Gasteiger partial charge in [0, 0.05) is 13.0 Å². The van der Waals surface area contributed by atoms with Gasteiger partial charge in [-0.15, -0.1) is 0 Å². The minimum absolute atomic E-state index is 0.0140. The third-order valence-electron chi connectivity index (χ3n) is 2.55. The lowest BCUT2D eigenvalue weighted by Crippen LogP contribution is -2.14. The number of ether oxygens (including phenoxy) is 1. The van der Waals surface area contributed by atoms with Crippen LogP contribution in [0.15, 0.2) is 18.2 Å². The van der Waals surface area contributed by atoms with Gasteiger partial charge in [0.15, 0.2) is 11.6 Å². The summed E-state index contributed by atoms with van der Waals surface area (Å²) in [7, 11) is 1.60. The van der Waals surface area contributed by atoms with E-state index in [1.807, 2.05) is 13.8 Å². The Balaban J connectivity index is 2.91. The van der Waals surface area contributed by atoms with Gasteiger partial charge in [-0.05, 0) is 24.6 Å². The Kier molecular flexibility index (Phi) is 3.58. The SMILES string of the molecule is CO[C@H](C)[C@H](C)c1ccc(F)c(F)c1. The Morgan fingerprint density at radius 2 is 1.79 bits per heavy atom. The van der Waals surface area contributed by atoms with E-state index in [2.05, 4.69) is 0 Å². The van der Waals surface area contributed by atoms with Crippen molar-refractivity contribution < 1.29 is 13.5 Å². The molecule has 0 amide bonds.